The molecule has 128 valence electrons. The molecule has 0 saturated carbocycles. The average molecular weight is 329 g/mol. The lowest BCUT2D eigenvalue weighted by molar-refractivity contribution is -0.132. The molecule has 0 radical (unpaired) electrons. The molecule has 0 aliphatic carbocycles. The molecule has 1 aromatic carbocycles. The molecular weight excluding hydrogens is 306 g/mol. The van der Waals surface area contributed by atoms with E-state index in [4.69, 9.17) is 4.74 Å². The van der Waals surface area contributed by atoms with E-state index < -0.39 is 0 Å². The summed E-state index contributed by atoms with van der Waals surface area (Å²) in [7, 11) is 1.37. The summed E-state index contributed by atoms with van der Waals surface area (Å²) in [6, 6.07) is 7.28. The van der Waals surface area contributed by atoms with Gasteiger partial charge >= 0.3 is 5.97 Å². The topological polar surface area (TPSA) is 65.6 Å². The zero-order valence-electron chi connectivity index (χ0n) is 14.2. The normalized spacial score (nSPS) is 15.7. The van der Waals surface area contributed by atoms with Crippen molar-refractivity contribution >= 4 is 22.8 Å². The van der Waals surface area contributed by atoms with E-state index in [2.05, 4.69) is 16.8 Å². The van der Waals surface area contributed by atoms with Crippen molar-refractivity contribution in [1.29, 1.82) is 0 Å². The van der Waals surface area contributed by atoms with Crippen molar-refractivity contribution in [1.82, 2.24) is 14.8 Å². The van der Waals surface area contributed by atoms with Crippen LogP contribution in [-0.2, 0) is 16.0 Å². The predicted octanol–water partition coefficient (Wildman–Crippen LogP) is 1.66. The fourth-order valence-corrected chi connectivity index (χ4v) is 3.12. The highest BCUT2D eigenvalue weighted by Gasteiger charge is 2.20. The van der Waals surface area contributed by atoms with E-state index in [0.717, 1.165) is 49.3 Å². The van der Waals surface area contributed by atoms with Crippen LogP contribution in [0.5, 0.6) is 0 Å². The molecule has 1 saturated heterocycles. The molecule has 1 fully saturated rings. The van der Waals surface area contributed by atoms with Crippen LogP contribution in [-0.4, -0.2) is 66.5 Å². The van der Waals surface area contributed by atoms with Gasteiger partial charge in [-0.1, -0.05) is 6.92 Å². The summed E-state index contributed by atoms with van der Waals surface area (Å²) in [4.78, 5) is 31.6. The maximum absolute atomic E-state index is 12.5. The minimum absolute atomic E-state index is 0.144. The molecule has 1 N–H and O–H groups in total. The lowest BCUT2D eigenvalue weighted by Gasteiger charge is -2.34. The summed E-state index contributed by atoms with van der Waals surface area (Å²) >= 11 is 0. The van der Waals surface area contributed by atoms with Gasteiger partial charge in [0.1, 0.15) is 0 Å². The number of likely N-dealkylation sites (N-methyl/N-ethyl adjacent to an activating group) is 1. The Balaban J connectivity index is 1.69. The van der Waals surface area contributed by atoms with Crippen molar-refractivity contribution < 1.29 is 14.3 Å². The second-order valence-corrected chi connectivity index (χ2v) is 6.08. The molecule has 6 heteroatoms. The highest BCUT2D eigenvalue weighted by atomic mass is 16.5. The number of fused-ring (bicyclic) bond motifs is 1. The molecule has 1 aliphatic rings. The third-order valence-electron chi connectivity index (χ3n) is 4.61. The highest BCUT2D eigenvalue weighted by molar-refractivity contribution is 5.95. The molecule has 0 bridgehead atoms. The number of amides is 1. The molecule has 1 amide bonds. The van der Waals surface area contributed by atoms with E-state index in [1.165, 1.54) is 7.11 Å². The summed E-state index contributed by atoms with van der Waals surface area (Å²) in [6.07, 6.45) is 0.356. The van der Waals surface area contributed by atoms with E-state index in [9.17, 15) is 9.59 Å². The number of piperazine rings is 1. The van der Waals surface area contributed by atoms with Gasteiger partial charge in [-0.15, -0.1) is 0 Å². The largest absolute Gasteiger partial charge is 0.465 e. The van der Waals surface area contributed by atoms with Crippen LogP contribution in [0.15, 0.2) is 24.3 Å². The van der Waals surface area contributed by atoms with Crippen LogP contribution in [0.4, 0.5) is 0 Å². The van der Waals surface area contributed by atoms with Gasteiger partial charge in [0.05, 0.1) is 19.1 Å². The standard InChI is InChI=1S/C18H23N3O3/c1-3-20-6-8-21(9-7-20)17(22)12-15-11-14-10-13(18(23)24-2)4-5-16(14)19-15/h4-5,10-11,19H,3,6-9,12H2,1-2H3. The lowest BCUT2D eigenvalue weighted by Crippen LogP contribution is -2.48. The Morgan fingerprint density at radius 3 is 2.58 bits per heavy atom. The number of carbonyl (C=O) groups is 2. The zero-order chi connectivity index (χ0) is 17.1. The number of ether oxygens (including phenoxy) is 1. The maximum Gasteiger partial charge on any atom is 0.337 e. The monoisotopic (exact) mass is 329 g/mol. The fourth-order valence-electron chi connectivity index (χ4n) is 3.12. The van der Waals surface area contributed by atoms with Crippen LogP contribution in [0.2, 0.25) is 0 Å². The van der Waals surface area contributed by atoms with Gasteiger partial charge in [-0.2, -0.15) is 0 Å². The molecular formula is C18H23N3O3. The zero-order valence-corrected chi connectivity index (χ0v) is 14.2. The van der Waals surface area contributed by atoms with Gasteiger partial charge < -0.3 is 19.5 Å². The summed E-state index contributed by atoms with van der Waals surface area (Å²) in [5, 5.41) is 0.913. The first kappa shape index (κ1) is 16.5. The number of rotatable bonds is 4. The molecule has 3 rings (SSSR count). The Morgan fingerprint density at radius 1 is 1.17 bits per heavy atom. The van der Waals surface area contributed by atoms with Crippen molar-refractivity contribution in [2.75, 3.05) is 39.8 Å². The van der Waals surface area contributed by atoms with Crippen molar-refractivity contribution in [3.63, 3.8) is 0 Å². The Labute approximate surface area is 141 Å². The van der Waals surface area contributed by atoms with Gasteiger partial charge in [0.15, 0.2) is 0 Å². The first-order chi connectivity index (χ1) is 11.6. The van der Waals surface area contributed by atoms with Crippen LogP contribution in [0.25, 0.3) is 10.9 Å². The maximum atomic E-state index is 12.5. The van der Waals surface area contributed by atoms with Crippen molar-refractivity contribution in [3.8, 4) is 0 Å². The Hall–Kier alpha value is -2.34. The van der Waals surface area contributed by atoms with Gasteiger partial charge in [-0.3, -0.25) is 4.79 Å². The number of hydrogen-bond acceptors (Lipinski definition) is 4. The third-order valence-corrected chi connectivity index (χ3v) is 4.61. The predicted molar refractivity (Wildman–Crippen MR) is 92.0 cm³/mol. The number of aromatic nitrogens is 1. The lowest BCUT2D eigenvalue weighted by atomic mass is 10.1. The van der Waals surface area contributed by atoms with Gasteiger partial charge in [0.25, 0.3) is 0 Å². The van der Waals surface area contributed by atoms with Crippen LogP contribution < -0.4 is 0 Å². The second-order valence-electron chi connectivity index (χ2n) is 6.08. The SMILES string of the molecule is CCN1CCN(C(=O)Cc2cc3cc(C(=O)OC)ccc3[nH]2)CC1. The highest BCUT2D eigenvalue weighted by Crippen LogP contribution is 2.19. The van der Waals surface area contributed by atoms with Crippen molar-refractivity contribution in [3.05, 3.63) is 35.5 Å². The molecule has 2 aromatic rings. The number of aromatic amines is 1. The molecule has 1 aromatic heterocycles. The molecule has 0 atom stereocenters. The smallest absolute Gasteiger partial charge is 0.337 e. The van der Waals surface area contributed by atoms with Gasteiger partial charge in [-0.25, -0.2) is 4.79 Å². The molecule has 1 aliphatic heterocycles. The van der Waals surface area contributed by atoms with Crippen LogP contribution >= 0.6 is 0 Å². The molecule has 0 unspecified atom stereocenters. The van der Waals surface area contributed by atoms with Gasteiger partial charge in [-0.05, 0) is 30.8 Å². The van der Waals surface area contributed by atoms with E-state index >= 15 is 0 Å². The van der Waals surface area contributed by atoms with Crippen molar-refractivity contribution in [2.45, 2.75) is 13.3 Å². The number of nitrogens with zero attached hydrogens (tertiary/aromatic N) is 2. The number of nitrogens with one attached hydrogen (secondary N) is 1. The summed E-state index contributed by atoms with van der Waals surface area (Å²) in [5.41, 5.74) is 2.30. The average Bonchev–Trinajstić information content (AvgIpc) is 3.02. The van der Waals surface area contributed by atoms with E-state index in [1.807, 2.05) is 17.0 Å². The van der Waals surface area contributed by atoms with Gasteiger partial charge in [0.2, 0.25) is 5.91 Å². The van der Waals surface area contributed by atoms with E-state index in [1.54, 1.807) is 12.1 Å². The summed E-state index contributed by atoms with van der Waals surface area (Å²) in [5.74, 6) is -0.213. The van der Waals surface area contributed by atoms with Crippen LogP contribution in [0.3, 0.4) is 0 Å². The number of benzene rings is 1. The Morgan fingerprint density at radius 2 is 1.92 bits per heavy atom. The first-order valence-corrected chi connectivity index (χ1v) is 8.30. The molecule has 2 heterocycles. The second kappa shape index (κ2) is 7.05. The third kappa shape index (κ3) is 3.43. The molecule has 24 heavy (non-hydrogen) atoms. The van der Waals surface area contributed by atoms with E-state index in [0.29, 0.717) is 12.0 Å². The summed E-state index contributed by atoms with van der Waals surface area (Å²) < 4.78 is 4.74. The number of H-pyrrole nitrogens is 1. The summed E-state index contributed by atoms with van der Waals surface area (Å²) in [6.45, 7) is 6.64. The first-order valence-electron chi connectivity index (χ1n) is 8.30. The molecule has 0 spiro atoms. The Kier molecular flexibility index (Phi) is 4.85. The quantitative estimate of drug-likeness (QED) is 0.867. The fraction of sp³-hybridized carbons (Fsp3) is 0.444. The van der Waals surface area contributed by atoms with Crippen LogP contribution in [0, 0.1) is 0 Å². The minimum atomic E-state index is -0.357. The Bertz CT molecular complexity index is 745. The van der Waals surface area contributed by atoms with Crippen LogP contribution in [0.1, 0.15) is 23.0 Å². The molecule has 6 nitrogen and oxygen atoms in total. The van der Waals surface area contributed by atoms with Crippen molar-refractivity contribution in [2.24, 2.45) is 0 Å². The minimum Gasteiger partial charge on any atom is -0.465 e. The van der Waals surface area contributed by atoms with E-state index in [-0.39, 0.29) is 11.9 Å². The number of methoxy groups -OCH3 is 1. The number of carbonyl (C=O) groups excluding carboxylic acids is 2. The van der Waals surface area contributed by atoms with Gasteiger partial charge in [0, 0.05) is 42.8 Å². The number of hydrogen-bond donors (Lipinski definition) is 1. The number of esters is 1.